The van der Waals surface area contributed by atoms with E-state index in [1.54, 1.807) is 0 Å². The highest BCUT2D eigenvalue weighted by Gasteiger charge is 2.31. The van der Waals surface area contributed by atoms with Gasteiger partial charge in [0.25, 0.3) is 0 Å². The molecule has 4 heteroatoms. The van der Waals surface area contributed by atoms with Crippen molar-refractivity contribution in [2.45, 2.75) is 38.1 Å². The van der Waals surface area contributed by atoms with Crippen LogP contribution >= 0.6 is 0 Å². The fraction of sp³-hybridized carbons (Fsp3) is 0.647. The van der Waals surface area contributed by atoms with Gasteiger partial charge in [-0.2, -0.15) is 0 Å². The minimum absolute atomic E-state index is 0.249. The smallest absolute Gasteiger partial charge is 0.165 e. The number of piperazine rings is 1. The molecule has 3 rings (SSSR count). The topological polar surface area (TPSA) is 35.5 Å². The fourth-order valence-corrected chi connectivity index (χ4v) is 3.90. The van der Waals surface area contributed by atoms with Gasteiger partial charge in [0.2, 0.25) is 0 Å². The highest BCUT2D eigenvalue weighted by atomic mass is 19.1. The number of hydrogen-bond donors (Lipinski definition) is 2. The standard InChI is InChI=1S/C17H25FN2O/c18-15-12-14(6-7-16(15)21)17(13-4-2-1-3-5-13)20-10-8-19-9-11-20/h6-7,12-13,17,19,21H,1-5,8-11H2/t17-/m1/s1. The van der Waals surface area contributed by atoms with Gasteiger partial charge in [0.1, 0.15) is 0 Å². The van der Waals surface area contributed by atoms with Crippen molar-refractivity contribution in [1.29, 1.82) is 0 Å². The lowest BCUT2D eigenvalue weighted by Crippen LogP contribution is -2.47. The number of benzene rings is 1. The van der Waals surface area contributed by atoms with Crippen LogP contribution in [0.4, 0.5) is 4.39 Å². The van der Waals surface area contributed by atoms with Crippen molar-refractivity contribution in [3.8, 4) is 5.75 Å². The average molecular weight is 292 g/mol. The Balaban J connectivity index is 1.87. The number of hydrogen-bond acceptors (Lipinski definition) is 3. The van der Waals surface area contributed by atoms with Crippen LogP contribution in [0.15, 0.2) is 18.2 Å². The van der Waals surface area contributed by atoms with E-state index < -0.39 is 5.82 Å². The molecular weight excluding hydrogens is 267 g/mol. The zero-order valence-electron chi connectivity index (χ0n) is 12.5. The van der Waals surface area contributed by atoms with Crippen LogP contribution in [0.25, 0.3) is 0 Å². The van der Waals surface area contributed by atoms with Crippen molar-refractivity contribution < 1.29 is 9.50 Å². The molecule has 0 bridgehead atoms. The van der Waals surface area contributed by atoms with Crippen molar-refractivity contribution >= 4 is 0 Å². The second-order valence-electron chi connectivity index (χ2n) is 6.34. The molecule has 1 saturated carbocycles. The number of halogens is 1. The Hall–Kier alpha value is -1.13. The molecule has 2 fully saturated rings. The highest BCUT2D eigenvalue weighted by molar-refractivity contribution is 5.30. The summed E-state index contributed by atoms with van der Waals surface area (Å²) >= 11 is 0. The number of nitrogens with zero attached hydrogens (tertiary/aromatic N) is 1. The van der Waals surface area contributed by atoms with E-state index in [2.05, 4.69) is 10.2 Å². The number of nitrogens with one attached hydrogen (secondary N) is 1. The predicted molar refractivity (Wildman–Crippen MR) is 81.8 cm³/mol. The summed E-state index contributed by atoms with van der Waals surface area (Å²) in [6, 6.07) is 5.24. The molecule has 1 aromatic rings. The van der Waals surface area contributed by atoms with Crippen LogP contribution in [-0.2, 0) is 0 Å². The second-order valence-corrected chi connectivity index (χ2v) is 6.34. The molecule has 3 nitrogen and oxygen atoms in total. The third kappa shape index (κ3) is 3.38. The molecule has 0 aromatic heterocycles. The minimum Gasteiger partial charge on any atom is -0.505 e. The highest BCUT2D eigenvalue weighted by Crippen LogP contribution is 2.39. The third-order valence-corrected chi connectivity index (χ3v) is 4.95. The number of phenols is 1. The number of aromatic hydroxyl groups is 1. The Morgan fingerprint density at radius 3 is 2.52 bits per heavy atom. The first-order chi connectivity index (χ1) is 10.3. The molecule has 1 aliphatic heterocycles. The minimum atomic E-state index is -0.497. The Bertz CT molecular complexity index is 450. The quantitative estimate of drug-likeness (QED) is 0.899. The zero-order valence-corrected chi connectivity index (χ0v) is 12.5. The summed E-state index contributed by atoms with van der Waals surface area (Å²) in [5.41, 5.74) is 1.03. The number of phenolic OH excluding ortho intramolecular Hbond substituents is 1. The molecule has 0 unspecified atom stereocenters. The molecule has 0 amide bonds. The fourth-order valence-electron chi connectivity index (χ4n) is 3.90. The molecule has 0 spiro atoms. The molecule has 0 radical (unpaired) electrons. The maximum atomic E-state index is 13.8. The van der Waals surface area contributed by atoms with E-state index in [1.165, 1.54) is 44.2 Å². The van der Waals surface area contributed by atoms with Crippen LogP contribution in [0.3, 0.4) is 0 Å². The Morgan fingerprint density at radius 2 is 1.86 bits per heavy atom. The van der Waals surface area contributed by atoms with Gasteiger partial charge in [-0.3, -0.25) is 4.90 Å². The second kappa shape index (κ2) is 6.75. The predicted octanol–water partition coefficient (Wildman–Crippen LogP) is 3.06. The first kappa shape index (κ1) is 14.8. The van der Waals surface area contributed by atoms with Crippen molar-refractivity contribution in [3.05, 3.63) is 29.6 Å². The average Bonchev–Trinajstić information content (AvgIpc) is 2.53. The van der Waals surface area contributed by atoms with E-state index >= 15 is 0 Å². The van der Waals surface area contributed by atoms with Gasteiger partial charge in [0.15, 0.2) is 11.6 Å². The lowest BCUT2D eigenvalue weighted by molar-refractivity contribution is 0.103. The van der Waals surface area contributed by atoms with Gasteiger partial charge in [-0.25, -0.2) is 4.39 Å². The third-order valence-electron chi connectivity index (χ3n) is 4.95. The SMILES string of the molecule is Oc1ccc([C@@H](C2CCCCC2)N2CCNCC2)cc1F. The largest absolute Gasteiger partial charge is 0.505 e. The molecule has 1 aromatic carbocycles. The van der Waals surface area contributed by atoms with Gasteiger partial charge in [-0.05, 0) is 36.5 Å². The summed E-state index contributed by atoms with van der Waals surface area (Å²) in [6.07, 6.45) is 6.37. The van der Waals surface area contributed by atoms with Gasteiger partial charge in [-0.1, -0.05) is 25.3 Å². The lowest BCUT2D eigenvalue weighted by Gasteiger charge is -2.41. The summed E-state index contributed by atoms with van der Waals surface area (Å²) in [7, 11) is 0. The summed E-state index contributed by atoms with van der Waals surface area (Å²) in [5, 5.41) is 12.8. The van der Waals surface area contributed by atoms with E-state index in [1.807, 2.05) is 6.07 Å². The normalized spacial score (nSPS) is 23.1. The zero-order chi connectivity index (χ0) is 14.7. The van der Waals surface area contributed by atoms with Crippen LogP contribution in [0.2, 0.25) is 0 Å². The van der Waals surface area contributed by atoms with E-state index in [0.29, 0.717) is 12.0 Å². The monoisotopic (exact) mass is 292 g/mol. The van der Waals surface area contributed by atoms with Crippen molar-refractivity contribution in [2.24, 2.45) is 5.92 Å². The molecule has 1 heterocycles. The van der Waals surface area contributed by atoms with E-state index in [0.717, 1.165) is 31.7 Å². The Morgan fingerprint density at radius 1 is 1.14 bits per heavy atom. The molecule has 21 heavy (non-hydrogen) atoms. The van der Waals surface area contributed by atoms with Crippen LogP contribution in [0.1, 0.15) is 43.7 Å². The molecule has 116 valence electrons. The number of rotatable bonds is 3. The van der Waals surface area contributed by atoms with Gasteiger partial charge < -0.3 is 10.4 Å². The first-order valence-corrected chi connectivity index (χ1v) is 8.19. The van der Waals surface area contributed by atoms with Crippen LogP contribution in [-0.4, -0.2) is 36.2 Å². The van der Waals surface area contributed by atoms with Gasteiger partial charge in [-0.15, -0.1) is 0 Å². The molecule has 2 aliphatic rings. The summed E-state index contributed by atoms with van der Waals surface area (Å²) < 4.78 is 13.8. The van der Waals surface area contributed by atoms with Crippen LogP contribution in [0, 0.1) is 11.7 Å². The van der Waals surface area contributed by atoms with Crippen LogP contribution in [0.5, 0.6) is 5.75 Å². The Labute approximate surface area is 126 Å². The molecular formula is C17H25FN2O. The maximum absolute atomic E-state index is 13.8. The van der Waals surface area contributed by atoms with Crippen molar-refractivity contribution in [2.75, 3.05) is 26.2 Å². The van der Waals surface area contributed by atoms with Gasteiger partial charge in [0, 0.05) is 32.2 Å². The Kier molecular flexibility index (Phi) is 4.76. The maximum Gasteiger partial charge on any atom is 0.165 e. The molecule has 2 N–H and O–H groups in total. The van der Waals surface area contributed by atoms with Crippen molar-refractivity contribution in [1.82, 2.24) is 10.2 Å². The summed E-state index contributed by atoms with van der Waals surface area (Å²) in [6.45, 7) is 4.04. The first-order valence-electron chi connectivity index (χ1n) is 8.19. The van der Waals surface area contributed by atoms with E-state index in [9.17, 15) is 9.50 Å². The molecule has 1 atom stereocenters. The van der Waals surface area contributed by atoms with Crippen molar-refractivity contribution in [3.63, 3.8) is 0 Å². The summed E-state index contributed by atoms with van der Waals surface area (Å²) in [5.74, 6) is -0.134. The van der Waals surface area contributed by atoms with Gasteiger partial charge >= 0.3 is 0 Å². The van der Waals surface area contributed by atoms with E-state index in [4.69, 9.17) is 0 Å². The molecule has 1 saturated heterocycles. The lowest BCUT2D eigenvalue weighted by atomic mass is 9.80. The van der Waals surface area contributed by atoms with Crippen LogP contribution < -0.4 is 5.32 Å². The molecule has 1 aliphatic carbocycles. The summed E-state index contributed by atoms with van der Waals surface area (Å²) in [4.78, 5) is 2.50. The van der Waals surface area contributed by atoms with Gasteiger partial charge in [0.05, 0.1) is 0 Å². The van der Waals surface area contributed by atoms with E-state index in [-0.39, 0.29) is 5.75 Å².